The number of carbonyl (C=O) groups excluding carboxylic acids is 2. The maximum Gasteiger partial charge on any atom is 0.343 e. The number of hydrazone groups is 1. The van der Waals surface area contributed by atoms with Crippen LogP contribution in [0.5, 0.6) is 5.75 Å². The number of rotatable bonds is 7. The van der Waals surface area contributed by atoms with Gasteiger partial charge in [-0.15, -0.1) is 0 Å². The van der Waals surface area contributed by atoms with Crippen molar-refractivity contribution >= 4 is 18.1 Å². The van der Waals surface area contributed by atoms with Gasteiger partial charge in [-0.3, -0.25) is 4.79 Å². The molecule has 4 aromatic carbocycles. The van der Waals surface area contributed by atoms with Crippen LogP contribution in [0.2, 0.25) is 0 Å². The van der Waals surface area contributed by atoms with Crippen LogP contribution in [-0.2, 0) is 10.2 Å². The monoisotopic (exact) mass is 460 g/mol. The lowest BCUT2D eigenvalue weighted by molar-refractivity contribution is -0.122. The van der Waals surface area contributed by atoms with Crippen LogP contribution >= 0.6 is 0 Å². The molecule has 5 heteroatoms. The zero-order chi connectivity index (χ0) is 24.1. The van der Waals surface area contributed by atoms with Crippen LogP contribution in [0.3, 0.4) is 0 Å². The van der Waals surface area contributed by atoms with Gasteiger partial charge in [0.25, 0.3) is 0 Å². The van der Waals surface area contributed by atoms with Crippen LogP contribution in [-0.4, -0.2) is 18.1 Å². The molecule has 172 valence electrons. The first-order valence-electron chi connectivity index (χ1n) is 11.5. The molecule has 1 amide bonds. The van der Waals surface area contributed by atoms with Gasteiger partial charge in [0.15, 0.2) is 0 Å². The van der Waals surface area contributed by atoms with E-state index in [0.717, 1.165) is 23.1 Å². The Hall–Kier alpha value is -4.51. The van der Waals surface area contributed by atoms with Gasteiger partial charge in [0, 0.05) is 5.41 Å². The van der Waals surface area contributed by atoms with Gasteiger partial charge < -0.3 is 4.74 Å². The van der Waals surface area contributed by atoms with Crippen molar-refractivity contribution in [1.82, 2.24) is 5.43 Å². The summed E-state index contributed by atoms with van der Waals surface area (Å²) in [5.74, 6) is -0.274. The number of hydrogen-bond acceptors (Lipinski definition) is 4. The Morgan fingerprint density at radius 1 is 0.771 bits per heavy atom. The van der Waals surface area contributed by atoms with Gasteiger partial charge in [-0.25, -0.2) is 10.2 Å². The van der Waals surface area contributed by atoms with Gasteiger partial charge in [0.2, 0.25) is 5.91 Å². The second-order valence-corrected chi connectivity index (χ2v) is 8.52. The van der Waals surface area contributed by atoms with E-state index in [1.54, 1.807) is 54.7 Å². The summed E-state index contributed by atoms with van der Waals surface area (Å²) in [6.07, 6.45) is 2.32. The van der Waals surface area contributed by atoms with Crippen molar-refractivity contribution in [1.29, 1.82) is 0 Å². The molecule has 0 unspecified atom stereocenters. The number of esters is 1. The summed E-state index contributed by atoms with van der Waals surface area (Å²) in [6, 6.07) is 36.1. The normalized spacial score (nSPS) is 15.9. The molecule has 0 radical (unpaired) electrons. The molecule has 0 aromatic heterocycles. The van der Waals surface area contributed by atoms with Crippen molar-refractivity contribution in [3.63, 3.8) is 0 Å². The molecule has 0 saturated heterocycles. The lowest BCUT2D eigenvalue weighted by Gasteiger charge is -2.18. The van der Waals surface area contributed by atoms with Gasteiger partial charge in [-0.1, -0.05) is 78.9 Å². The standard InChI is InChI=1S/C30H24N2O3/c33-28(27-20-30(27,24-12-6-2-7-13-24)25-14-8-3-9-15-25)32-31-21-22-16-18-26(19-17-22)35-29(34)23-10-4-1-5-11-23/h1-19,21,27H,20H2,(H,32,33)/b31-21-/t27-/m1/s1. The Morgan fingerprint density at radius 2 is 1.31 bits per heavy atom. The molecule has 0 bridgehead atoms. The second kappa shape index (κ2) is 9.77. The first kappa shape index (κ1) is 22.3. The molecule has 1 aliphatic rings. The molecule has 0 spiro atoms. The van der Waals surface area contributed by atoms with Crippen LogP contribution in [0, 0.1) is 5.92 Å². The van der Waals surface area contributed by atoms with E-state index in [-0.39, 0.29) is 17.2 Å². The molecule has 5 rings (SSSR count). The maximum absolute atomic E-state index is 13.0. The van der Waals surface area contributed by atoms with Gasteiger partial charge >= 0.3 is 5.97 Å². The van der Waals surface area contributed by atoms with Crippen molar-refractivity contribution in [2.45, 2.75) is 11.8 Å². The highest BCUT2D eigenvalue weighted by molar-refractivity contribution is 5.91. The predicted molar refractivity (Wildman–Crippen MR) is 135 cm³/mol. The lowest BCUT2D eigenvalue weighted by Crippen LogP contribution is -2.25. The Kier molecular flexibility index (Phi) is 6.22. The Labute approximate surface area is 204 Å². The molecule has 4 aromatic rings. The van der Waals surface area contributed by atoms with Crippen LogP contribution in [0.4, 0.5) is 0 Å². The molecule has 1 N–H and O–H groups in total. The minimum absolute atomic E-state index is 0.109. The molecule has 35 heavy (non-hydrogen) atoms. The molecule has 0 aliphatic heterocycles. The average Bonchev–Trinajstić information content (AvgIpc) is 3.68. The molecule has 5 nitrogen and oxygen atoms in total. The Balaban J connectivity index is 1.22. The summed E-state index contributed by atoms with van der Waals surface area (Å²) in [5.41, 5.74) is 5.91. The third kappa shape index (κ3) is 4.75. The van der Waals surface area contributed by atoms with Crippen LogP contribution in [0.15, 0.2) is 120 Å². The number of ether oxygens (including phenoxy) is 1. The number of nitrogens with zero attached hydrogens (tertiary/aromatic N) is 1. The fraction of sp³-hybridized carbons (Fsp3) is 0.100. The third-order valence-corrected chi connectivity index (χ3v) is 6.34. The van der Waals surface area contributed by atoms with E-state index in [9.17, 15) is 9.59 Å². The van der Waals surface area contributed by atoms with Crippen LogP contribution in [0.25, 0.3) is 0 Å². The molecular formula is C30H24N2O3. The lowest BCUT2D eigenvalue weighted by atomic mass is 9.85. The largest absolute Gasteiger partial charge is 0.423 e. The average molecular weight is 461 g/mol. The maximum atomic E-state index is 13.0. The molecular weight excluding hydrogens is 436 g/mol. The molecule has 1 saturated carbocycles. The van der Waals surface area contributed by atoms with Gasteiger partial charge in [-0.2, -0.15) is 5.10 Å². The van der Waals surface area contributed by atoms with Crippen LogP contribution in [0.1, 0.15) is 33.5 Å². The van der Waals surface area contributed by atoms with Crippen molar-refractivity contribution < 1.29 is 14.3 Å². The van der Waals surface area contributed by atoms with Crippen molar-refractivity contribution in [3.05, 3.63) is 138 Å². The summed E-state index contributed by atoms with van der Waals surface area (Å²) in [6.45, 7) is 0. The molecule has 1 fully saturated rings. The summed E-state index contributed by atoms with van der Waals surface area (Å²) in [4.78, 5) is 25.2. The van der Waals surface area contributed by atoms with E-state index in [4.69, 9.17) is 4.74 Å². The number of amides is 1. The summed E-state index contributed by atoms with van der Waals surface area (Å²) in [5, 5.41) is 4.16. The van der Waals surface area contributed by atoms with E-state index in [1.165, 1.54) is 0 Å². The summed E-state index contributed by atoms with van der Waals surface area (Å²) in [7, 11) is 0. The van der Waals surface area contributed by atoms with Gasteiger partial charge in [-0.05, 0) is 59.5 Å². The smallest absolute Gasteiger partial charge is 0.343 e. The highest BCUT2D eigenvalue weighted by Crippen LogP contribution is 2.58. The fourth-order valence-corrected chi connectivity index (χ4v) is 4.47. The van der Waals surface area contributed by atoms with E-state index in [0.29, 0.717) is 11.3 Å². The Bertz CT molecular complexity index is 1300. The zero-order valence-corrected chi connectivity index (χ0v) is 19.0. The second-order valence-electron chi connectivity index (χ2n) is 8.52. The molecule has 1 aliphatic carbocycles. The predicted octanol–water partition coefficient (Wildman–Crippen LogP) is 5.36. The number of nitrogens with one attached hydrogen (secondary N) is 1. The minimum atomic E-state index is -0.413. The van der Waals surface area contributed by atoms with Crippen molar-refractivity contribution in [2.75, 3.05) is 0 Å². The van der Waals surface area contributed by atoms with Crippen molar-refractivity contribution in [3.8, 4) is 5.75 Å². The zero-order valence-electron chi connectivity index (χ0n) is 19.0. The van der Waals surface area contributed by atoms with E-state index >= 15 is 0 Å². The number of benzene rings is 4. The first-order chi connectivity index (χ1) is 17.2. The summed E-state index contributed by atoms with van der Waals surface area (Å²) >= 11 is 0. The third-order valence-electron chi connectivity index (χ3n) is 6.34. The van der Waals surface area contributed by atoms with E-state index in [1.807, 2.05) is 42.5 Å². The molecule has 0 heterocycles. The fourth-order valence-electron chi connectivity index (χ4n) is 4.47. The van der Waals surface area contributed by atoms with E-state index < -0.39 is 5.97 Å². The quantitative estimate of drug-likeness (QED) is 0.175. The number of hydrogen-bond donors (Lipinski definition) is 1. The SMILES string of the molecule is O=C(Oc1ccc(/C=N\NC(=O)[C@H]2CC2(c2ccccc2)c2ccccc2)cc1)c1ccccc1. The van der Waals surface area contributed by atoms with E-state index in [2.05, 4.69) is 34.8 Å². The first-order valence-corrected chi connectivity index (χ1v) is 11.5. The van der Waals surface area contributed by atoms with Crippen LogP contribution < -0.4 is 10.2 Å². The van der Waals surface area contributed by atoms with Gasteiger partial charge in [0.05, 0.1) is 17.7 Å². The topological polar surface area (TPSA) is 67.8 Å². The minimum Gasteiger partial charge on any atom is -0.423 e. The van der Waals surface area contributed by atoms with Gasteiger partial charge in [0.1, 0.15) is 5.75 Å². The number of carbonyl (C=O) groups is 2. The highest BCUT2D eigenvalue weighted by Gasteiger charge is 2.60. The van der Waals surface area contributed by atoms with Crippen molar-refractivity contribution in [2.24, 2.45) is 11.0 Å². The highest BCUT2D eigenvalue weighted by atomic mass is 16.5. The molecule has 1 atom stereocenters. The summed E-state index contributed by atoms with van der Waals surface area (Å²) < 4.78 is 5.39. The Morgan fingerprint density at radius 3 is 1.89 bits per heavy atom.